The highest BCUT2D eigenvalue weighted by atomic mass is 35.5. The molecule has 2 rings (SSSR count). The third-order valence-corrected chi connectivity index (χ3v) is 4.99. The molecule has 1 aliphatic rings. The highest BCUT2D eigenvalue weighted by Crippen LogP contribution is 2.23. The molecule has 0 spiro atoms. The molecule has 0 aliphatic carbocycles. The van der Waals surface area contributed by atoms with Gasteiger partial charge in [0.25, 0.3) is 0 Å². The lowest BCUT2D eigenvalue weighted by Crippen LogP contribution is -2.39. The van der Waals surface area contributed by atoms with Gasteiger partial charge in [-0.3, -0.25) is 4.90 Å². The minimum atomic E-state index is 0.395. The van der Waals surface area contributed by atoms with Crippen LogP contribution in [0.15, 0.2) is 18.2 Å². The summed E-state index contributed by atoms with van der Waals surface area (Å²) in [5.74, 6) is 2.40. The van der Waals surface area contributed by atoms with Gasteiger partial charge in [0.1, 0.15) is 4.99 Å². The molecule has 98 valence electrons. The molecule has 0 bridgehead atoms. The van der Waals surface area contributed by atoms with E-state index in [0.717, 1.165) is 29.2 Å². The fourth-order valence-electron chi connectivity index (χ4n) is 2.04. The predicted octanol–water partition coefficient (Wildman–Crippen LogP) is 2.91. The normalized spacial score (nSPS) is 20.9. The lowest BCUT2D eigenvalue weighted by molar-refractivity contribution is 0.224. The minimum Gasteiger partial charge on any atom is -0.389 e. The van der Waals surface area contributed by atoms with Crippen molar-refractivity contribution in [2.45, 2.75) is 19.5 Å². The van der Waals surface area contributed by atoms with Gasteiger partial charge in [-0.05, 0) is 18.6 Å². The summed E-state index contributed by atoms with van der Waals surface area (Å²) >= 11 is 13.3. The topological polar surface area (TPSA) is 29.3 Å². The SMILES string of the molecule is CC1CSCCN1Cc1ccc(C(N)=S)cc1Cl. The number of benzene rings is 1. The Morgan fingerprint density at radius 2 is 2.39 bits per heavy atom. The Morgan fingerprint density at radius 3 is 3.00 bits per heavy atom. The number of thioether (sulfide) groups is 1. The molecule has 2 N–H and O–H groups in total. The van der Waals surface area contributed by atoms with E-state index in [1.165, 1.54) is 11.5 Å². The smallest absolute Gasteiger partial charge is 0.104 e. The molecule has 0 aromatic heterocycles. The molecular formula is C13H17ClN2S2. The maximum Gasteiger partial charge on any atom is 0.104 e. The summed E-state index contributed by atoms with van der Waals surface area (Å²) in [6, 6.07) is 6.45. The van der Waals surface area contributed by atoms with Crippen LogP contribution in [0.3, 0.4) is 0 Å². The Hall–Kier alpha value is -0.290. The Kier molecular flexibility index (Phi) is 4.90. The molecule has 1 heterocycles. The van der Waals surface area contributed by atoms with Crippen LogP contribution in [0, 0.1) is 0 Å². The highest BCUT2D eigenvalue weighted by molar-refractivity contribution is 7.99. The van der Waals surface area contributed by atoms with Gasteiger partial charge in [-0.1, -0.05) is 36.0 Å². The lowest BCUT2D eigenvalue weighted by atomic mass is 10.1. The van der Waals surface area contributed by atoms with Crippen molar-refractivity contribution in [1.29, 1.82) is 0 Å². The molecule has 1 aromatic carbocycles. The van der Waals surface area contributed by atoms with E-state index in [9.17, 15) is 0 Å². The molecule has 1 aliphatic heterocycles. The molecule has 0 radical (unpaired) electrons. The van der Waals surface area contributed by atoms with Gasteiger partial charge in [0.15, 0.2) is 0 Å². The van der Waals surface area contributed by atoms with Gasteiger partial charge in [-0.2, -0.15) is 11.8 Å². The van der Waals surface area contributed by atoms with Crippen molar-refractivity contribution in [3.8, 4) is 0 Å². The van der Waals surface area contributed by atoms with E-state index >= 15 is 0 Å². The van der Waals surface area contributed by atoms with Crippen molar-refractivity contribution in [2.24, 2.45) is 5.73 Å². The Labute approximate surface area is 123 Å². The molecule has 1 aromatic rings. The van der Waals surface area contributed by atoms with Gasteiger partial charge >= 0.3 is 0 Å². The van der Waals surface area contributed by atoms with Crippen molar-refractivity contribution in [1.82, 2.24) is 4.90 Å². The van der Waals surface area contributed by atoms with Crippen LogP contribution in [0.25, 0.3) is 0 Å². The van der Waals surface area contributed by atoms with E-state index in [-0.39, 0.29) is 0 Å². The van der Waals surface area contributed by atoms with Crippen LogP contribution in [0.5, 0.6) is 0 Å². The Morgan fingerprint density at radius 1 is 1.61 bits per heavy atom. The van der Waals surface area contributed by atoms with Crippen LogP contribution in [0.1, 0.15) is 18.1 Å². The first-order valence-corrected chi connectivity index (χ1v) is 7.92. The van der Waals surface area contributed by atoms with Crippen molar-refractivity contribution in [3.05, 3.63) is 34.3 Å². The maximum atomic E-state index is 6.29. The van der Waals surface area contributed by atoms with Gasteiger partial charge < -0.3 is 5.73 Å². The molecule has 0 amide bonds. The summed E-state index contributed by atoms with van der Waals surface area (Å²) in [5, 5.41) is 0.755. The monoisotopic (exact) mass is 300 g/mol. The van der Waals surface area contributed by atoms with E-state index < -0.39 is 0 Å². The molecule has 1 saturated heterocycles. The third kappa shape index (κ3) is 3.38. The summed E-state index contributed by atoms with van der Waals surface area (Å²) in [7, 11) is 0. The first kappa shape index (κ1) is 14.1. The van der Waals surface area contributed by atoms with Gasteiger partial charge in [-0.15, -0.1) is 0 Å². The second kappa shape index (κ2) is 6.24. The lowest BCUT2D eigenvalue weighted by Gasteiger charge is -2.33. The molecule has 1 atom stereocenters. The standard InChI is InChI=1S/C13H17ClN2S2/c1-9-8-18-5-4-16(9)7-11-3-2-10(13(15)17)6-12(11)14/h2-3,6,9H,4-5,7-8H2,1H3,(H2,15,17). The van der Waals surface area contributed by atoms with Crippen molar-refractivity contribution < 1.29 is 0 Å². The quantitative estimate of drug-likeness (QED) is 0.869. The van der Waals surface area contributed by atoms with Crippen LogP contribution in [-0.4, -0.2) is 34.0 Å². The van der Waals surface area contributed by atoms with Gasteiger partial charge in [0, 0.05) is 41.2 Å². The van der Waals surface area contributed by atoms with Crippen molar-refractivity contribution in [3.63, 3.8) is 0 Å². The molecular weight excluding hydrogens is 284 g/mol. The average Bonchev–Trinajstić information content (AvgIpc) is 2.34. The second-order valence-corrected chi connectivity index (χ2v) is 6.56. The third-order valence-electron chi connectivity index (χ3n) is 3.22. The van der Waals surface area contributed by atoms with E-state index in [0.29, 0.717) is 11.0 Å². The zero-order valence-electron chi connectivity index (χ0n) is 10.4. The van der Waals surface area contributed by atoms with Crippen molar-refractivity contribution in [2.75, 3.05) is 18.1 Å². The highest BCUT2D eigenvalue weighted by Gasteiger charge is 2.19. The largest absolute Gasteiger partial charge is 0.389 e. The van der Waals surface area contributed by atoms with Crippen LogP contribution in [0.4, 0.5) is 0 Å². The van der Waals surface area contributed by atoms with Crippen LogP contribution < -0.4 is 5.73 Å². The minimum absolute atomic E-state index is 0.395. The molecule has 0 saturated carbocycles. The number of hydrogen-bond acceptors (Lipinski definition) is 3. The fourth-order valence-corrected chi connectivity index (χ4v) is 3.49. The fraction of sp³-hybridized carbons (Fsp3) is 0.462. The van der Waals surface area contributed by atoms with Crippen LogP contribution >= 0.6 is 35.6 Å². The Balaban J connectivity index is 2.11. The second-order valence-electron chi connectivity index (χ2n) is 4.56. The molecule has 1 unspecified atom stereocenters. The van der Waals surface area contributed by atoms with E-state index in [1.807, 2.05) is 30.0 Å². The number of thiocarbonyl (C=S) groups is 1. The molecule has 1 fully saturated rings. The van der Waals surface area contributed by atoms with Gasteiger partial charge in [0.05, 0.1) is 0 Å². The Bertz CT molecular complexity index is 451. The first-order valence-electron chi connectivity index (χ1n) is 5.98. The zero-order valence-corrected chi connectivity index (χ0v) is 12.7. The van der Waals surface area contributed by atoms with Crippen LogP contribution in [0.2, 0.25) is 5.02 Å². The molecule has 5 heteroatoms. The van der Waals surface area contributed by atoms with E-state index in [1.54, 1.807) is 0 Å². The number of nitrogens with zero attached hydrogens (tertiary/aromatic N) is 1. The van der Waals surface area contributed by atoms with E-state index in [4.69, 9.17) is 29.6 Å². The van der Waals surface area contributed by atoms with Gasteiger partial charge in [-0.25, -0.2) is 0 Å². The predicted molar refractivity (Wildman–Crippen MR) is 84.5 cm³/mol. The van der Waals surface area contributed by atoms with Crippen LogP contribution in [-0.2, 0) is 6.54 Å². The summed E-state index contributed by atoms with van der Waals surface area (Å²) in [4.78, 5) is 2.87. The number of halogens is 1. The first-order chi connectivity index (χ1) is 8.58. The summed E-state index contributed by atoms with van der Waals surface area (Å²) in [5.41, 5.74) is 7.58. The van der Waals surface area contributed by atoms with Crippen molar-refractivity contribution >= 4 is 40.6 Å². The number of rotatable bonds is 3. The molecule has 2 nitrogen and oxygen atoms in total. The summed E-state index contributed by atoms with van der Waals surface area (Å²) < 4.78 is 0. The molecule has 18 heavy (non-hydrogen) atoms. The average molecular weight is 301 g/mol. The maximum absolute atomic E-state index is 6.29. The zero-order chi connectivity index (χ0) is 13.1. The summed E-state index contributed by atoms with van der Waals surface area (Å²) in [6.07, 6.45) is 0. The van der Waals surface area contributed by atoms with E-state index in [2.05, 4.69) is 11.8 Å². The summed E-state index contributed by atoms with van der Waals surface area (Å²) in [6.45, 7) is 4.29. The number of hydrogen-bond donors (Lipinski definition) is 1. The van der Waals surface area contributed by atoms with Gasteiger partial charge in [0.2, 0.25) is 0 Å². The number of nitrogens with two attached hydrogens (primary N) is 1.